The summed E-state index contributed by atoms with van der Waals surface area (Å²) in [5, 5.41) is 16.3. The van der Waals surface area contributed by atoms with Gasteiger partial charge in [-0.3, -0.25) is 24.5 Å². The molecule has 1 aliphatic rings. The predicted octanol–water partition coefficient (Wildman–Crippen LogP) is 6.88. The van der Waals surface area contributed by atoms with Crippen molar-refractivity contribution in [3.05, 3.63) is 150 Å². The lowest BCUT2D eigenvalue weighted by atomic mass is 9.98. The van der Waals surface area contributed by atoms with Crippen LogP contribution in [0.5, 0.6) is 5.75 Å². The number of aliphatic hydroxyl groups is 1. The van der Waals surface area contributed by atoms with E-state index >= 15 is 0 Å². The summed E-state index contributed by atoms with van der Waals surface area (Å²) in [6.07, 6.45) is 8.06. The highest BCUT2D eigenvalue weighted by atomic mass is 16.5. The minimum absolute atomic E-state index is 0.0480. The van der Waals surface area contributed by atoms with Crippen molar-refractivity contribution >= 4 is 33.6 Å². The molecule has 0 bridgehead atoms. The van der Waals surface area contributed by atoms with Crippen LogP contribution in [0.4, 0.5) is 0 Å². The van der Waals surface area contributed by atoms with Gasteiger partial charge in [0.15, 0.2) is 0 Å². The summed E-state index contributed by atoms with van der Waals surface area (Å²) in [4.78, 5) is 41.3. The quantitative estimate of drug-likeness (QED) is 0.112. The Bertz CT molecular complexity index is 2110. The molecule has 6 aromatic rings. The molecule has 282 valence electrons. The second-order valence-corrected chi connectivity index (χ2v) is 14.4. The zero-order chi connectivity index (χ0) is 37.8. The minimum atomic E-state index is -0.811. The number of rotatable bonds is 16. The molecule has 9 nitrogen and oxygen atoms in total. The number of piperazine rings is 1. The minimum Gasteiger partial charge on any atom is -0.490 e. The fourth-order valence-electron chi connectivity index (χ4n) is 7.57. The summed E-state index contributed by atoms with van der Waals surface area (Å²) in [6.45, 7) is 1.53. The lowest BCUT2D eigenvalue weighted by Crippen LogP contribution is -2.62. The number of fused-ring (bicyclic) bond motifs is 2. The molecule has 2 aromatic heterocycles. The Morgan fingerprint density at radius 1 is 0.764 bits per heavy atom. The number of nitrogens with zero attached hydrogens (tertiary/aromatic N) is 4. The third-order valence-electron chi connectivity index (χ3n) is 10.5. The number of carbonyl (C=O) groups is 2. The number of hydrogen-bond donors (Lipinski definition) is 2. The van der Waals surface area contributed by atoms with E-state index in [4.69, 9.17) is 4.74 Å². The lowest BCUT2D eigenvalue weighted by molar-refractivity contribution is -0.128. The van der Waals surface area contributed by atoms with Crippen LogP contribution in [0.3, 0.4) is 0 Å². The third kappa shape index (κ3) is 10.1. The van der Waals surface area contributed by atoms with E-state index in [2.05, 4.69) is 68.7 Å². The summed E-state index contributed by atoms with van der Waals surface area (Å²) >= 11 is 0. The standard InChI is InChI=1S/C46H49N5O4/c52-39(33-55-44-23-9-22-42-40(44)21-11-27-48-42)31-50-28-29-51(46(54)37-24-25-41-36(30-37)18-10-26-47-41)43(32-50)45(53)49-38(19-7-16-34-12-3-1-4-13-34)20-8-17-35-14-5-2-6-15-35/h1-6,9-15,18,21-27,30,38-39,43,52H,7-8,16-17,19-20,28-29,31-33H2,(H,49,53)/t39-,43?/m1/s1. The molecule has 0 radical (unpaired) electrons. The van der Waals surface area contributed by atoms with Crippen LogP contribution in [0.1, 0.15) is 47.2 Å². The van der Waals surface area contributed by atoms with Crippen LogP contribution in [0.15, 0.2) is 134 Å². The second-order valence-electron chi connectivity index (χ2n) is 14.4. The topological polar surface area (TPSA) is 108 Å². The van der Waals surface area contributed by atoms with Crippen molar-refractivity contribution in [2.75, 3.05) is 32.8 Å². The number of nitrogens with one attached hydrogen (secondary N) is 1. The predicted molar refractivity (Wildman–Crippen MR) is 217 cm³/mol. The number of benzene rings is 4. The monoisotopic (exact) mass is 735 g/mol. The van der Waals surface area contributed by atoms with Crippen LogP contribution in [-0.2, 0) is 17.6 Å². The van der Waals surface area contributed by atoms with E-state index in [9.17, 15) is 14.7 Å². The van der Waals surface area contributed by atoms with Crippen LogP contribution in [0.25, 0.3) is 21.8 Å². The number of aryl methyl sites for hydroxylation is 2. The van der Waals surface area contributed by atoms with Crippen LogP contribution in [0.2, 0.25) is 0 Å². The van der Waals surface area contributed by atoms with Crippen molar-refractivity contribution in [1.29, 1.82) is 0 Å². The van der Waals surface area contributed by atoms with Gasteiger partial charge in [0.2, 0.25) is 5.91 Å². The number of hydrogen-bond acceptors (Lipinski definition) is 7. The SMILES string of the molecule is O=C(NC(CCCc1ccccc1)CCCc1ccccc1)C1CN(C[C@@H](O)COc2cccc3ncccc23)CCN1C(=O)c1ccc2ncccc2c1. The molecule has 2 amide bonds. The molecule has 1 saturated heterocycles. The number of β-amino-alcohol motifs (C(OH)–C–C–N with tert-alkyl or cyclic N) is 1. The summed E-state index contributed by atoms with van der Waals surface area (Å²) in [5.74, 6) is 0.302. The van der Waals surface area contributed by atoms with Crippen molar-refractivity contribution in [1.82, 2.24) is 25.1 Å². The van der Waals surface area contributed by atoms with E-state index < -0.39 is 12.1 Å². The molecule has 9 heteroatoms. The van der Waals surface area contributed by atoms with Crippen LogP contribution >= 0.6 is 0 Å². The molecule has 3 heterocycles. The highest BCUT2D eigenvalue weighted by Gasteiger charge is 2.37. The smallest absolute Gasteiger partial charge is 0.254 e. The first-order valence-corrected chi connectivity index (χ1v) is 19.4. The molecule has 1 aliphatic heterocycles. The van der Waals surface area contributed by atoms with Crippen molar-refractivity contribution in [3.8, 4) is 5.75 Å². The Morgan fingerprint density at radius 2 is 1.45 bits per heavy atom. The number of aromatic nitrogens is 2. The van der Waals surface area contributed by atoms with Crippen molar-refractivity contribution in [2.24, 2.45) is 0 Å². The molecule has 0 saturated carbocycles. The average molecular weight is 736 g/mol. The number of aliphatic hydroxyl groups excluding tert-OH is 1. The van der Waals surface area contributed by atoms with Gasteiger partial charge in [-0.2, -0.15) is 0 Å². The Labute approximate surface area is 323 Å². The first-order valence-electron chi connectivity index (χ1n) is 19.4. The highest BCUT2D eigenvalue weighted by Crippen LogP contribution is 2.24. The van der Waals surface area contributed by atoms with Gasteiger partial charge >= 0.3 is 0 Å². The van der Waals surface area contributed by atoms with Crippen LogP contribution < -0.4 is 10.1 Å². The molecule has 0 aliphatic carbocycles. The molecule has 2 N–H and O–H groups in total. The maximum atomic E-state index is 14.5. The zero-order valence-corrected chi connectivity index (χ0v) is 31.2. The molecule has 1 unspecified atom stereocenters. The van der Waals surface area contributed by atoms with Gasteiger partial charge in [0.1, 0.15) is 24.5 Å². The Hall–Kier alpha value is -5.64. The van der Waals surface area contributed by atoms with Crippen molar-refractivity contribution in [3.63, 3.8) is 0 Å². The molecule has 1 fully saturated rings. The van der Waals surface area contributed by atoms with Crippen molar-refractivity contribution < 1.29 is 19.4 Å². The number of ether oxygens (including phenoxy) is 1. The summed E-state index contributed by atoms with van der Waals surface area (Å²) in [7, 11) is 0. The summed E-state index contributed by atoms with van der Waals surface area (Å²) in [5.41, 5.74) is 4.71. The van der Waals surface area contributed by atoms with E-state index in [1.165, 1.54) is 11.1 Å². The molecule has 0 spiro atoms. The Morgan fingerprint density at radius 3 is 2.18 bits per heavy atom. The molecule has 7 rings (SSSR count). The normalized spacial score (nSPS) is 15.3. The van der Waals surface area contributed by atoms with Gasteiger partial charge < -0.3 is 20.1 Å². The fourth-order valence-corrected chi connectivity index (χ4v) is 7.57. The Balaban J connectivity index is 1.06. The van der Waals surface area contributed by atoms with Gasteiger partial charge in [-0.15, -0.1) is 0 Å². The van der Waals surface area contributed by atoms with Gasteiger partial charge in [-0.25, -0.2) is 0 Å². The Kier molecular flexibility index (Phi) is 12.7. The first-order chi connectivity index (χ1) is 27.0. The largest absolute Gasteiger partial charge is 0.490 e. The van der Waals surface area contributed by atoms with Crippen LogP contribution in [-0.4, -0.2) is 87.7 Å². The summed E-state index contributed by atoms with van der Waals surface area (Å²) in [6, 6.07) is 38.9. The maximum Gasteiger partial charge on any atom is 0.254 e. The van der Waals surface area contributed by atoms with Gasteiger partial charge in [-0.05, 0) is 98.2 Å². The molecule has 2 atom stereocenters. The van der Waals surface area contributed by atoms with Gasteiger partial charge in [-0.1, -0.05) is 72.8 Å². The molecule has 4 aromatic carbocycles. The second kappa shape index (κ2) is 18.6. The fraction of sp³-hybridized carbons (Fsp3) is 0.304. The third-order valence-corrected chi connectivity index (χ3v) is 10.5. The summed E-state index contributed by atoms with van der Waals surface area (Å²) < 4.78 is 6.08. The molecule has 55 heavy (non-hydrogen) atoms. The first kappa shape index (κ1) is 37.7. The number of pyridine rings is 2. The van der Waals surface area contributed by atoms with Crippen LogP contribution in [0, 0.1) is 0 Å². The average Bonchev–Trinajstić information content (AvgIpc) is 3.23. The number of amides is 2. The van der Waals surface area contributed by atoms with Gasteiger partial charge in [0, 0.05) is 61.0 Å². The van der Waals surface area contributed by atoms with E-state index in [1.54, 1.807) is 23.4 Å². The lowest BCUT2D eigenvalue weighted by Gasteiger charge is -2.41. The van der Waals surface area contributed by atoms with Crippen molar-refractivity contribution in [2.45, 2.75) is 56.7 Å². The van der Waals surface area contributed by atoms with E-state index in [-0.39, 0.29) is 24.5 Å². The highest BCUT2D eigenvalue weighted by molar-refractivity contribution is 6.00. The van der Waals surface area contributed by atoms with Gasteiger partial charge in [0.05, 0.1) is 11.0 Å². The van der Waals surface area contributed by atoms with Gasteiger partial charge in [0.25, 0.3) is 5.91 Å². The maximum absolute atomic E-state index is 14.5. The molecular formula is C46H49N5O4. The van der Waals surface area contributed by atoms with E-state index in [0.717, 1.165) is 60.3 Å². The van der Waals surface area contributed by atoms with E-state index in [0.29, 0.717) is 37.5 Å². The zero-order valence-electron chi connectivity index (χ0n) is 31.2. The van der Waals surface area contributed by atoms with E-state index in [1.807, 2.05) is 66.7 Å². The number of carbonyl (C=O) groups excluding carboxylic acids is 2. The molecular weight excluding hydrogens is 687 g/mol.